The monoisotopic (exact) mass is 267 g/mol. The van der Waals surface area contributed by atoms with Gasteiger partial charge in [0.1, 0.15) is 0 Å². The Morgan fingerprint density at radius 1 is 1.33 bits per heavy atom. The van der Waals surface area contributed by atoms with E-state index in [2.05, 4.69) is 20.9 Å². The number of fused-ring (bicyclic) bond motifs is 1. The number of carboxylic acid groups (broad SMARTS) is 1. The van der Waals surface area contributed by atoms with Gasteiger partial charge in [0.05, 0.1) is 5.56 Å². The van der Waals surface area contributed by atoms with Crippen LogP contribution in [0.5, 0.6) is 0 Å². The van der Waals surface area contributed by atoms with Gasteiger partial charge in [-0.1, -0.05) is 22.0 Å². The van der Waals surface area contributed by atoms with E-state index in [9.17, 15) is 9.59 Å². The van der Waals surface area contributed by atoms with Crippen LogP contribution in [-0.2, 0) is 0 Å². The summed E-state index contributed by atoms with van der Waals surface area (Å²) in [7, 11) is 0. The van der Waals surface area contributed by atoms with Crippen LogP contribution >= 0.6 is 15.9 Å². The number of aromatic amines is 1. The van der Waals surface area contributed by atoms with Gasteiger partial charge in [-0.3, -0.25) is 4.79 Å². The molecule has 0 saturated carbocycles. The van der Waals surface area contributed by atoms with Gasteiger partial charge in [0, 0.05) is 21.4 Å². The second-order valence-electron chi connectivity index (χ2n) is 3.03. The molecule has 0 spiro atoms. The van der Waals surface area contributed by atoms with E-state index in [1.54, 1.807) is 18.2 Å². The number of hydrogen-bond acceptors (Lipinski definition) is 2. The minimum absolute atomic E-state index is 0.0945. The third-order valence-electron chi connectivity index (χ3n) is 2.09. The lowest BCUT2D eigenvalue weighted by molar-refractivity contribution is 0.0698. The third-order valence-corrected chi connectivity index (χ3v) is 2.59. The van der Waals surface area contributed by atoms with E-state index >= 15 is 0 Å². The molecule has 0 unspecified atom stereocenters. The number of carbonyl (C=O) groups is 1. The highest BCUT2D eigenvalue weighted by molar-refractivity contribution is 9.10. The number of halogens is 1. The maximum Gasteiger partial charge on any atom is 0.337 e. The summed E-state index contributed by atoms with van der Waals surface area (Å²) in [6.07, 6.45) is 1.21. The summed E-state index contributed by atoms with van der Waals surface area (Å²) in [5, 5.41) is 9.71. The predicted octanol–water partition coefficient (Wildman–Crippen LogP) is 1.99. The van der Waals surface area contributed by atoms with Crippen molar-refractivity contribution in [3.63, 3.8) is 0 Å². The molecule has 0 aliphatic heterocycles. The molecule has 0 fully saturated rings. The largest absolute Gasteiger partial charge is 0.478 e. The Balaban J connectivity index is 2.95. The highest BCUT2D eigenvalue weighted by Gasteiger charge is 2.10. The Hall–Kier alpha value is -1.62. The van der Waals surface area contributed by atoms with Crippen LogP contribution in [0.25, 0.3) is 10.8 Å². The Morgan fingerprint density at radius 3 is 2.73 bits per heavy atom. The Kier molecular flexibility index (Phi) is 2.32. The lowest BCUT2D eigenvalue weighted by atomic mass is 10.1. The number of carboxylic acids is 1. The quantitative estimate of drug-likeness (QED) is 0.830. The lowest BCUT2D eigenvalue weighted by Crippen LogP contribution is -2.09. The van der Waals surface area contributed by atoms with E-state index in [0.717, 1.165) is 4.47 Å². The van der Waals surface area contributed by atoms with Crippen molar-refractivity contribution in [2.24, 2.45) is 0 Å². The number of aromatic carboxylic acids is 1. The smallest absolute Gasteiger partial charge is 0.337 e. The Morgan fingerprint density at radius 2 is 2.07 bits per heavy atom. The topological polar surface area (TPSA) is 70.2 Å². The van der Waals surface area contributed by atoms with E-state index in [-0.39, 0.29) is 11.1 Å². The molecule has 2 N–H and O–H groups in total. The van der Waals surface area contributed by atoms with Crippen molar-refractivity contribution in [2.75, 3.05) is 0 Å². The first-order valence-corrected chi connectivity index (χ1v) is 4.93. The molecule has 0 atom stereocenters. The zero-order chi connectivity index (χ0) is 11.0. The van der Waals surface area contributed by atoms with Crippen LogP contribution < -0.4 is 5.56 Å². The van der Waals surface area contributed by atoms with Crippen LogP contribution in [0.3, 0.4) is 0 Å². The molecule has 0 amide bonds. The highest BCUT2D eigenvalue weighted by atomic mass is 79.9. The molecule has 0 aliphatic rings. The SMILES string of the molecule is O=C(O)c1c[nH]c(=O)c2cc(Br)ccc12. The van der Waals surface area contributed by atoms with Gasteiger partial charge < -0.3 is 10.1 Å². The average molecular weight is 268 g/mol. The van der Waals surface area contributed by atoms with E-state index in [1.807, 2.05) is 0 Å². The normalized spacial score (nSPS) is 10.5. The van der Waals surface area contributed by atoms with Gasteiger partial charge >= 0.3 is 5.97 Å². The number of H-pyrrole nitrogens is 1. The van der Waals surface area contributed by atoms with Crippen LogP contribution in [0.1, 0.15) is 10.4 Å². The lowest BCUT2D eigenvalue weighted by Gasteiger charge is -2.01. The molecule has 0 aliphatic carbocycles. The van der Waals surface area contributed by atoms with Crippen LogP contribution in [0.4, 0.5) is 0 Å². The summed E-state index contributed by atoms with van der Waals surface area (Å²) in [4.78, 5) is 24.7. The summed E-state index contributed by atoms with van der Waals surface area (Å²) in [6, 6.07) is 4.91. The van der Waals surface area contributed by atoms with Gasteiger partial charge in [0.2, 0.25) is 0 Å². The van der Waals surface area contributed by atoms with Crippen molar-refractivity contribution in [3.8, 4) is 0 Å². The van der Waals surface area contributed by atoms with Crippen LogP contribution in [0.15, 0.2) is 33.7 Å². The summed E-state index contributed by atoms with van der Waals surface area (Å²) >= 11 is 3.23. The summed E-state index contributed by atoms with van der Waals surface area (Å²) in [5.41, 5.74) is -0.201. The van der Waals surface area contributed by atoms with Crippen molar-refractivity contribution < 1.29 is 9.90 Å². The van der Waals surface area contributed by atoms with Crippen molar-refractivity contribution in [3.05, 3.63) is 44.8 Å². The van der Waals surface area contributed by atoms with Gasteiger partial charge in [-0.05, 0) is 12.1 Å². The molecule has 0 radical (unpaired) electrons. The molecule has 2 aromatic rings. The van der Waals surface area contributed by atoms with Crippen LogP contribution in [0.2, 0.25) is 0 Å². The second kappa shape index (κ2) is 3.51. The molecule has 15 heavy (non-hydrogen) atoms. The second-order valence-corrected chi connectivity index (χ2v) is 3.94. The number of hydrogen-bond donors (Lipinski definition) is 2. The number of rotatable bonds is 1. The average Bonchev–Trinajstić information content (AvgIpc) is 2.19. The minimum Gasteiger partial charge on any atom is -0.478 e. The van der Waals surface area contributed by atoms with Crippen molar-refractivity contribution in [2.45, 2.75) is 0 Å². The molecule has 4 nitrogen and oxygen atoms in total. The van der Waals surface area contributed by atoms with Gasteiger partial charge in [0.15, 0.2) is 0 Å². The maximum atomic E-state index is 11.4. The fourth-order valence-electron chi connectivity index (χ4n) is 1.41. The Bertz CT molecular complexity index is 603. The fourth-order valence-corrected chi connectivity index (χ4v) is 1.77. The number of benzene rings is 1. The summed E-state index contributed by atoms with van der Waals surface area (Å²) in [5.74, 6) is -1.06. The fraction of sp³-hybridized carbons (Fsp3) is 0. The van der Waals surface area contributed by atoms with Crippen LogP contribution in [-0.4, -0.2) is 16.1 Å². The number of pyridine rings is 1. The molecule has 1 heterocycles. The van der Waals surface area contributed by atoms with E-state index in [0.29, 0.717) is 10.8 Å². The first-order valence-electron chi connectivity index (χ1n) is 4.14. The predicted molar refractivity (Wildman–Crippen MR) is 59.2 cm³/mol. The molecule has 2 rings (SSSR count). The molecule has 0 saturated heterocycles. The van der Waals surface area contributed by atoms with E-state index in [4.69, 9.17) is 5.11 Å². The number of nitrogens with one attached hydrogen (secondary N) is 1. The molecular formula is C10H6BrNO3. The van der Waals surface area contributed by atoms with Gasteiger partial charge in [-0.2, -0.15) is 0 Å². The number of aromatic nitrogens is 1. The molecular weight excluding hydrogens is 262 g/mol. The highest BCUT2D eigenvalue weighted by Crippen LogP contribution is 2.19. The summed E-state index contributed by atoms with van der Waals surface area (Å²) in [6.45, 7) is 0. The Labute approximate surface area is 92.7 Å². The standard InChI is InChI=1S/C10H6BrNO3/c11-5-1-2-6-7(3-5)9(13)12-4-8(6)10(14)15/h1-4H,(H,12,13)(H,14,15). The molecule has 76 valence electrons. The van der Waals surface area contributed by atoms with Gasteiger partial charge in [-0.25, -0.2) is 4.79 Å². The molecule has 0 bridgehead atoms. The zero-order valence-corrected chi connectivity index (χ0v) is 9.04. The van der Waals surface area contributed by atoms with Crippen molar-refractivity contribution >= 4 is 32.7 Å². The van der Waals surface area contributed by atoms with Gasteiger partial charge in [-0.15, -0.1) is 0 Å². The van der Waals surface area contributed by atoms with Crippen LogP contribution in [0, 0.1) is 0 Å². The third kappa shape index (κ3) is 1.66. The van der Waals surface area contributed by atoms with Gasteiger partial charge in [0.25, 0.3) is 5.56 Å². The molecule has 1 aromatic heterocycles. The zero-order valence-electron chi connectivity index (χ0n) is 7.45. The van der Waals surface area contributed by atoms with E-state index < -0.39 is 5.97 Å². The van der Waals surface area contributed by atoms with Crippen molar-refractivity contribution in [1.82, 2.24) is 4.98 Å². The first kappa shape index (κ1) is 9.92. The first-order chi connectivity index (χ1) is 7.09. The van der Waals surface area contributed by atoms with Crippen molar-refractivity contribution in [1.29, 1.82) is 0 Å². The molecule has 1 aromatic carbocycles. The minimum atomic E-state index is -1.06. The molecule has 5 heteroatoms. The maximum absolute atomic E-state index is 11.4. The summed E-state index contributed by atoms with van der Waals surface area (Å²) < 4.78 is 0.739. The van der Waals surface area contributed by atoms with E-state index in [1.165, 1.54) is 6.20 Å².